The third kappa shape index (κ3) is 4.24. The summed E-state index contributed by atoms with van der Waals surface area (Å²) in [6.45, 7) is 7.77. The lowest BCUT2D eigenvalue weighted by atomic mass is 10.3. The maximum Gasteiger partial charge on any atom is 0.107 e. The standard InChI is InChI=1S/C10H17N3S2/c1-7(2)13(4-9(11)14)5-10-12-8(3)6-15-10/h6-7H,4-5H2,1-3H3,(H2,11,14). The molecular weight excluding hydrogens is 226 g/mol. The lowest BCUT2D eigenvalue weighted by Gasteiger charge is -2.24. The molecule has 1 aromatic rings. The Labute approximate surface area is 100 Å². The fourth-order valence-corrected chi connectivity index (χ4v) is 2.23. The molecule has 0 bridgehead atoms. The second-order valence-corrected chi connectivity index (χ2v) is 5.31. The first-order valence-corrected chi connectivity index (χ1v) is 6.21. The fourth-order valence-electron chi connectivity index (χ4n) is 1.27. The summed E-state index contributed by atoms with van der Waals surface area (Å²) in [7, 11) is 0. The summed E-state index contributed by atoms with van der Waals surface area (Å²) >= 11 is 6.62. The zero-order valence-electron chi connectivity index (χ0n) is 9.36. The third-order valence-electron chi connectivity index (χ3n) is 2.09. The highest BCUT2D eigenvalue weighted by molar-refractivity contribution is 7.80. The lowest BCUT2D eigenvalue weighted by Crippen LogP contribution is -2.37. The minimum Gasteiger partial charge on any atom is -0.392 e. The van der Waals surface area contributed by atoms with Crippen molar-refractivity contribution in [1.29, 1.82) is 0 Å². The van der Waals surface area contributed by atoms with Crippen LogP contribution < -0.4 is 5.73 Å². The van der Waals surface area contributed by atoms with E-state index >= 15 is 0 Å². The van der Waals surface area contributed by atoms with E-state index in [1.807, 2.05) is 6.92 Å². The van der Waals surface area contributed by atoms with Crippen molar-refractivity contribution in [3.8, 4) is 0 Å². The Morgan fingerprint density at radius 2 is 2.33 bits per heavy atom. The highest BCUT2D eigenvalue weighted by atomic mass is 32.1. The van der Waals surface area contributed by atoms with Crippen LogP contribution in [0.25, 0.3) is 0 Å². The molecular formula is C10H17N3S2. The highest BCUT2D eigenvalue weighted by Crippen LogP contribution is 2.13. The van der Waals surface area contributed by atoms with E-state index in [2.05, 4.69) is 29.1 Å². The molecule has 0 amide bonds. The molecule has 0 aliphatic rings. The van der Waals surface area contributed by atoms with Crippen molar-refractivity contribution in [2.24, 2.45) is 5.73 Å². The number of aromatic nitrogens is 1. The van der Waals surface area contributed by atoms with Gasteiger partial charge in [0.15, 0.2) is 0 Å². The van der Waals surface area contributed by atoms with Gasteiger partial charge in [0.25, 0.3) is 0 Å². The van der Waals surface area contributed by atoms with Gasteiger partial charge in [0.1, 0.15) is 5.01 Å². The maximum absolute atomic E-state index is 5.56. The number of hydrogen-bond acceptors (Lipinski definition) is 4. The summed E-state index contributed by atoms with van der Waals surface area (Å²) in [6.07, 6.45) is 0. The van der Waals surface area contributed by atoms with Crippen LogP contribution in [0.15, 0.2) is 5.38 Å². The van der Waals surface area contributed by atoms with Crippen LogP contribution in [0.4, 0.5) is 0 Å². The molecule has 2 N–H and O–H groups in total. The van der Waals surface area contributed by atoms with Crippen LogP contribution in [0.3, 0.4) is 0 Å². The molecule has 0 fully saturated rings. The molecule has 15 heavy (non-hydrogen) atoms. The van der Waals surface area contributed by atoms with Crippen LogP contribution in [-0.2, 0) is 6.54 Å². The number of aryl methyl sites for hydroxylation is 1. The summed E-state index contributed by atoms with van der Waals surface area (Å²) in [5, 5.41) is 3.19. The monoisotopic (exact) mass is 243 g/mol. The number of thiocarbonyl (C=S) groups is 1. The van der Waals surface area contributed by atoms with Gasteiger partial charge in [-0.3, -0.25) is 4.90 Å². The van der Waals surface area contributed by atoms with Crippen molar-refractivity contribution in [2.75, 3.05) is 6.54 Å². The normalized spacial score (nSPS) is 11.3. The Hall–Kier alpha value is -0.520. The van der Waals surface area contributed by atoms with Crippen LogP contribution in [0.5, 0.6) is 0 Å². The molecule has 3 nitrogen and oxygen atoms in total. The Kier molecular flexibility index (Phi) is 4.63. The van der Waals surface area contributed by atoms with Crippen LogP contribution in [0.1, 0.15) is 24.5 Å². The molecule has 0 saturated carbocycles. The predicted octanol–water partition coefficient (Wildman–Crippen LogP) is 1.95. The van der Waals surface area contributed by atoms with Gasteiger partial charge in [0.2, 0.25) is 0 Å². The second kappa shape index (κ2) is 5.53. The van der Waals surface area contributed by atoms with E-state index in [0.717, 1.165) is 17.2 Å². The highest BCUT2D eigenvalue weighted by Gasteiger charge is 2.12. The van der Waals surface area contributed by atoms with E-state index in [1.54, 1.807) is 11.3 Å². The summed E-state index contributed by atoms with van der Waals surface area (Å²) in [5.41, 5.74) is 6.64. The van der Waals surface area contributed by atoms with Gasteiger partial charge in [0, 0.05) is 23.7 Å². The van der Waals surface area contributed by atoms with E-state index in [0.29, 0.717) is 17.6 Å². The van der Waals surface area contributed by atoms with Crippen molar-refractivity contribution in [3.05, 3.63) is 16.1 Å². The van der Waals surface area contributed by atoms with Crippen LogP contribution in [-0.4, -0.2) is 27.5 Å². The summed E-state index contributed by atoms with van der Waals surface area (Å²) in [5.74, 6) is 0. The van der Waals surface area contributed by atoms with Gasteiger partial charge in [-0.2, -0.15) is 0 Å². The Bertz CT molecular complexity index is 333. The quantitative estimate of drug-likeness (QED) is 0.803. The minimum absolute atomic E-state index is 0.427. The Morgan fingerprint density at radius 1 is 1.67 bits per heavy atom. The van der Waals surface area contributed by atoms with Crippen molar-refractivity contribution in [1.82, 2.24) is 9.88 Å². The zero-order chi connectivity index (χ0) is 11.4. The van der Waals surface area contributed by atoms with Crippen molar-refractivity contribution in [3.63, 3.8) is 0 Å². The molecule has 1 heterocycles. The summed E-state index contributed by atoms with van der Waals surface area (Å²) in [6, 6.07) is 0.427. The summed E-state index contributed by atoms with van der Waals surface area (Å²) < 4.78 is 0. The molecule has 1 aromatic heterocycles. The molecule has 0 radical (unpaired) electrons. The predicted molar refractivity (Wildman–Crippen MR) is 69.2 cm³/mol. The van der Waals surface area contributed by atoms with E-state index in [9.17, 15) is 0 Å². The van der Waals surface area contributed by atoms with Gasteiger partial charge >= 0.3 is 0 Å². The number of hydrogen-bond donors (Lipinski definition) is 1. The molecule has 0 aromatic carbocycles. The number of nitrogens with two attached hydrogens (primary N) is 1. The van der Waals surface area contributed by atoms with Crippen LogP contribution in [0, 0.1) is 6.92 Å². The lowest BCUT2D eigenvalue weighted by molar-refractivity contribution is 0.245. The smallest absolute Gasteiger partial charge is 0.107 e. The molecule has 0 atom stereocenters. The van der Waals surface area contributed by atoms with E-state index in [4.69, 9.17) is 18.0 Å². The summed E-state index contributed by atoms with van der Waals surface area (Å²) in [4.78, 5) is 7.19. The minimum atomic E-state index is 0.427. The number of rotatable bonds is 5. The van der Waals surface area contributed by atoms with Crippen LogP contribution >= 0.6 is 23.6 Å². The van der Waals surface area contributed by atoms with Gasteiger partial charge in [-0.15, -0.1) is 11.3 Å². The average molecular weight is 243 g/mol. The number of thiazole rings is 1. The Balaban J connectivity index is 2.62. The van der Waals surface area contributed by atoms with Crippen molar-refractivity contribution < 1.29 is 0 Å². The van der Waals surface area contributed by atoms with Crippen molar-refractivity contribution >= 4 is 28.5 Å². The first-order valence-electron chi connectivity index (χ1n) is 4.92. The van der Waals surface area contributed by atoms with Crippen molar-refractivity contribution in [2.45, 2.75) is 33.4 Å². The maximum atomic E-state index is 5.56. The number of nitrogens with zero attached hydrogens (tertiary/aromatic N) is 2. The average Bonchev–Trinajstić information content (AvgIpc) is 2.49. The molecule has 0 aliphatic heterocycles. The topological polar surface area (TPSA) is 42.1 Å². The van der Waals surface area contributed by atoms with Gasteiger partial charge in [0.05, 0.1) is 11.5 Å². The largest absolute Gasteiger partial charge is 0.392 e. The van der Waals surface area contributed by atoms with Gasteiger partial charge in [-0.05, 0) is 20.8 Å². The van der Waals surface area contributed by atoms with Gasteiger partial charge in [-0.1, -0.05) is 12.2 Å². The Morgan fingerprint density at radius 3 is 2.73 bits per heavy atom. The first kappa shape index (κ1) is 12.5. The van der Waals surface area contributed by atoms with E-state index in [-0.39, 0.29) is 0 Å². The van der Waals surface area contributed by atoms with E-state index in [1.165, 1.54) is 0 Å². The molecule has 0 saturated heterocycles. The molecule has 0 aliphatic carbocycles. The zero-order valence-corrected chi connectivity index (χ0v) is 11.0. The third-order valence-corrected chi connectivity index (χ3v) is 3.17. The molecule has 5 heteroatoms. The first-order chi connectivity index (χ1) is 6.99. The molecule has 0 unspecified atom stereocenters. The molecule has 1 rings (SSSR count). The van der Waals surface area contributed by atoms with Gasteiger partial charge in [-0.25, -0.2) is 4.98 Å². The van der Waals surface area contributed by atoms with E-state index < -0.39 is 0 Å². The van der Waals surface area contributed by atoms with Gasteiger partial charge < -0.3 is 5.73 Å². The molecule has 0 spiro atoms. The SMILES string of the molecule is Cc1csc(CN(CC(N)=S)C(C)C)n1. The molecule has 84 valence electrons. The fraction of sp³-hybridized carbons (Fsp3) is 0.600. The van der Waals surface area contributed by atoms with Crippen LogP contribution in [0.2, 0.25) is 0 Å². The second-order valence-electron chi connectivity index (χ2n) is 3.85.